The standard InChI is InChI=1S/C30H33ClF3N3O4S/c1-5-25(28(39)35-29(2,3)4)36(19-21-12-8-6-9-13-21)27(38)20-37(42(40,41)23-14-10-7-11-15-23)26-18-22(30(32,33)34)16-17-24(26)31/h6-18,25H,5,19-20H2,1-4H3,(H,35,39). The Morgan fingerprint density at radius 1 is 0.929 bits per heavy atom. The number of alkyl halides is 3. The molecule has 3 rings (SSSR count). The van der Waals surface area contributed by atoms with Gasteiger partial charge < -0.3 is 10.2 Å². The first-order valence-electron chi connectivity index (χ1n) is 13.1. The van der Waals surface area contributed by atoms with Crippen LogP contribution in [0.2, 0.25) is 5.02 Å². The first-order valence-corrected chi connectivity index (χ1v) is 15.0. The second kappa shape index (κ2) is 13.2. The SMILES string of the molecule is CCC(C(=O)NC(C)(C)C)N(Cc1ccccc1)C(=O)CN(c1cc(C(F)(F)F)ccc1Cl)S(=O)(=O)c1ccccc1. The van der Waals surface area contributed by atoms with E-state index >= 15 is 0 Å². The Morgan fingerprint density at radius 3 is 2.02 bits per heavy atom. The van der Waals surface area contributed by atoms with E-state index < -0.39 is 57.4 Å². The van der Waals surface area contributed by atoms with Gasteiger partial charge in [0.15, 0.2) is 0 Å². The van der Waals surface area contributed by atoms with Crippen LogP contribution in [0.3, 0.4) is 0 Å². The number of carbonyl (C=O) groups excluding carboxylic acids is 2. The van der Waals surface area contributed by atoms with E-state index in [4.69, 9.17) is 11.6 Å². The van der Waals surface area contributed by atoms with Crippen LogP contribution in [-0.4, -0.2) is 43.3 Å². The lowest BCUT2D eigenvalue weighted by atomic mass is 10.1. The number of amides is 2. The number of hydrogen-bond acceptors (Lipinski definition) is 4. The highest BCUT2D eigenvalue weighted by Gasteiger charge is 2.37. The molecule has 0 aliphatic carbocycles. The molecule has 0 aromatic heterocycles. The zero-order valence-electron chi connectivity index (χ0n) is 23.7. The van der Waals surface area contributed by atoms with E-state index in [1.807, 2.05) is 0 Å². The minimum atomic E-state index is -4.80. The van der Waals surface area contributed by atoms with Crippen molar-refractivity contribution >= 4 is 39.1 Å². The van der Waals surface area contributed by atoms with Gasteiger partial charge in [-0.1, -0.05) is 67.1 Å². The molecule has 0 aliphatic rings. The van der Waals surface area contributed by atoms with Crippen LogP contribution in [0.4, 0.5) is 18.9 Å². The van der Waals surface area contributed by atoms with Gasteiger partial charge in [0.2, 0.25) is 11.8 Å². The molecule has 42 heavy (non-hydrogen) atoms. The molecular formula is C30H33ClF3N3O4S. The fourth-order valence-electron chi connectivity index (χ4n) is 4.27. The van der Waals surface area contributed by atoms with Gasteiger partial charge in [0, 0.05) is 12.1 Å². The van der Waals surface area contributed by atoms with Crippen molar-refractivity contribution in [1.82, 2.24) is 10.2 Å². The zero-order chi connectivity index (χ0) is 31.3. The Bertz CT molecular complexity index is 1500. The van der Waals surface area contributed by atoms with Crippen LogP contribution in [0.15, 0.2) is 83.8 Å². The van der Waals surface area contributed by atoms with Crippen LogP contribution in [0, 0.1) is 0 Å². The number of benzene rings is 3. The Kier molecular flexibility index (Phi) is 10.3. The number of anilines is 1. The largest absolute Gasteiger partial charge is 0.416 e. The van der Waals surface area contributed by atoms with Gasteiger partial charge >= 0.3 is 6.18 Å². The fraction of sp³-hybridized carbons (Fsp3) is 0.333. The van der Waals surface area contributed by atoms with E-state index in [2.05, 4.69) is 5.32 Å². The molecule has 1 atom stereocenters. The minimum absolute atomic E-state index is 0.0503. The van der Waals surface area contributed by atoms with Crippen LogP contribution in [0.5, 0.6) is 0 Å². The topological polar surface area (TPSA) is 86.8 Å². The summed E-state index contributed by atoms with van der Waals surface area (Å²) in [5, 5.41) is 2.55. The van der Waals surface area contributed by atoms with Crippen LogP contribution < -0.4 is 9.62 Å². The highest BCUT2D eigenvalue weighted by atomic mass is 35.5. The molecule has 226 valence electrons. The van der Waals surface area contributed by atoms with Crippen LogP contribution in [0.1, 0.15) is 45.2 Å². The molecule has 0 heterocycles. The van der Waals surface area contributed by atoms with Gasteiger partial charge in [0.05, 0.1) is 21.2 Å². The van der Waals surface area contributed by atoms with Gasteiger partial charge in [-0.05, 0) is 63.1 Å². The molecule has 0 fully saturated rings. The van der Waals surface area contributed by atoms with Crippen molar-refractivity contribution in [3.63, 3.8) is 0 Å². The minimum Gasteiger partial charge on any atom is -0.350 e. The molecule has 0 bridgehead atoms. The summed E-state index contributed by atoms with van der Waals surface area (Å²) >= 11 is 6.28. The van der Waals surface area contributed by atoms with E-state index in [9.17, 15) is 31.2 Å². The smallest absolute Gasteiger partial charge is 0.350 e. The maximum absolute atomic E-state index is 14.0. The summed E-state index contributed by atoms with van der Waals surface area (Å²) in [5.74, 6) is -1.26. The van der Waals surface area contributed by atoms with Gasteiger partial charge in [-0.2, -0.15) is 13.2 Å². The van der Waals surface area contributed by atoms with E-state index in [0.29, 0.717) is 15.9 Å². The number of nitrogens with zero attached hydrogens (tertiary/aromatic N) is 2. The molecule has 2 amide bonds. The van der Waals surface area contributed by atoms with E-state index in [1.165, 1.54) is 29.2 Å². The molecule has 12 heteroatoms. The monoisotopic (exact) mass is 623 g/mol. The Morgan fingerprint density at radius 2 is 1.50 bits per heavy atom. The van der Waals surface area contributed by atoms with Gasteiger partial charge in [-0.25, -0.2) is 8.42 Å². The Labute approximate surface area is 249 Å². The lowest BCUT2D eigenvalue weighted by molar-refractivity contribution is -0.141. The average Bonchev–Trinajstić information content (AvgIpc) is 2.91. The summed E-state index contributed by atoms with van der Waals surface area (Å²) in [6, 6.07) is 17.0. The second-order valence-electron chi connectivity index (χ2n) is 10.7. The van der Waals surface area contributed by atoms with Gasteiger partial charge in [-0.3, -0.25) is 13.9 Å². The summed E-state index contributed by atoms with van der Waals surface area (Å²) in [4.78, 5) is 28.4. The predicted molar refractivity (Wildman–Crippen MR) is 156 cm³/mol. The number of carbonyl (C=O) groups is 2. The summed E-state index contributed by atoms with van der Waals surface area (Å²) in [7, 11) is -4.59. The van der Waals surface area contributed by atoms with Crippen molar-refractivity contribution in [2.75, 3.05) is 10.8 Å². The highest BCUT2D eigenvalue weighted by molar-refractivity contribution is 7.92. The first kappa shape index (κ1) is 32.9. The molecule has 0 saturated heterocycles. The normalized spacial score (nSPS) is 12.9. The van der Waals surface area contributed by atoms with Crippen LogP contribution in [-0.2, 0) is 32.3 Å². The van der Waals surface area contributed by atoms with Crippen molar-refractivity contribution in [1.29, 1.82) is 0 Å². The van der Waals surface area contributed by atoms with Gasteiger partial charge in [-0.15, -0.1) is 0 Å². The molecule has 0 radical (unpaired) electrons. The van der Waals surface area contributed by atoms with Gasteiger partial charge in [0.25, 0.3) is 10.0 Å². The summed E-state index contributed by atoms with van der Waals surface area (Å²) in [6.45, 7) is 6.09. The highest BCUT2D eigenvalue weighted by Crippen LogP contribution is 2.37. The predicted octanol–water partition coefficient (Wildman–Crippen LogP) is 6.28. The van der Waals surface area contributed by atoms with E-state index in [1.54, 1.807) is 64.1 Å². The quantitative estimate of drug-likeness (QED) is 0.288. The maximum Gasteiger partial charge on any atom is 0.416 e. The third-order valence-electron chi connectivity index (χ3n) is 6.23. The summed E-state index contributed by atoms with van der Waals surface area (Å²) in [5.41, 5.74) is -1.61. The number of hydrogen-bond donors (Lipinski definition) is 1. The number of rotatable bonds is 10. The van der Waals surface area contributed by atoms with Crippen LogP contribution in [0.25, 0.3) is 0 Å². The molecular weight excluding hydrogens is 591 g/mol. The van der Waals surface area contributed by atoms with E-state index in [0.717, 1.165) is 12.1 Å². The van der Waals surface area contributed by atoms with Crippen molar-refractivity contribution in [3.05, 3.63) is 95.0 Å². The van der Waals surface area contributed by atoms with E-state index in [-0.39, 0.29) is 22.9 Å². The third kappa shape index (κ3) is 8.25. The lowest BCUT2D eigenvalue weighted by Gasteiger charge is -2.35. The van der Waals surface area contributed by atoms with Crippen molar-refractivity contribution in [3.8, 4) is 0 Å². The summed E-state index contributed by atoms with van der Waals surface area (Å²) < 4.78 is 69.3. The molecule has 3 aromatic carbocycles. The molecule has 7 nitrogen and oxygen atoms in total. The number of halogens is 4. The molecule has 3 aromatic rings. The van der Waals surface area contributed by atoms with Crippen molar-refractivity contribution in [2.24, 2.45) is 0 Å². The zero-order valence-corrected chi connectivity index (χ0v) is 25.2. The average molecular weight is 624 g/mol. The molecule has 0 spiro atoms. The molecule has 0 aliphatic heterocycles. The fourth-order valence-corrected chi connectivity index (χ4v) is 5.98. The van der Waals surface area contributed by atoms with Crippen LogP contribution >= 0.6 is 11.6 Å². The molecule has 0 saturated carbocycles. The molecule has 1 N–H and O–H groups in total. The Hall–Kier alpha value is -3.57. The lowest BCUT2D eigenvalue weighted by Crippen LogP contribution is -2.55. The maximum atomic E-state index is 14.0. The summed E-state index contributed by atoms with van der Waals surface area (Å²) in [6.07, 6.45) is -4.61. The number of nitrogens with one attached hydrogen (secondary N) is 1. The molecule has 1 unspecified atom stereocenters. The number of sulfonamides is 1. The van der Waals surface area contributed by atoms with Gasteiger partial charge in [0.1, 0.15) is 12.6 Å². The second-order valence-corrected chi connectivity index (χ2v) is 12.9. The Balaban J connectivity index is 2.15. The van der Waals surface area contributed by atoms with Crippen molar-refractivity contribution in [2.45, 2.75) is 63.3 Å². The first-order chi connectivity index (χ1) is 19.5. The van der Waals surface area contributed by atoms with Crippen molar-refractivity contribution < 1.29 is 31.2 Å². The third-order valence-corrected chi connectivity index (χ3v) is 8.33.